The molecule has 1 saturated heterocycles. The van der Waals surface area contributed by atoms with Crippen molar-refractivity contribution in [1.29, 1.82) is 0 Å². The summed E-state index contributed by atoms with van der Waals surface area (Å²) >= 11 is 9.16. The van der Waals surface area contributed by atoms with Crippen LogP contribution in [0, 0.1) is 0 Å². The molecule has 0 spiro atoms. The highest BCUT2D eigenvalue weighted by Gasteiger charge is 2.17. The molecule has 8 heteroatoms. The van der Waals surface area contributed by atoms with E-state index < -0.39 is 5.91 Å². The molecule has 2 N–H and O–H groups in total. The molecule has 1 fully saturated rings. The lowest BCUT2D eigenvalue weighted by Crippen LogP contribution is -2.46. The Bertz CT molecular complexity index is 794. The normalized spacial score (nSPS) is 14.6. The number of halogens is 3. The first-order chi connectivity index (χ1) is 12.5. The number of phenols is 1. The molecule has 2 aromatic carbocycles. The van der Waals surface area contributed by atoms with Crippen molar-refractivity contribution in [1.82, 2.24) is 4.90 Å². The molecule has 2 aromatic rings. The van der Waals surface area contributed by atoms with Gasteiger partial charge in [0, 0.05) is 42.6 Å². The molecule has 0 unspecified atom stereocenters. The second kappa shape index (κ2) is 9.64. The molecule has 0 atom stereocenters. The van der Waals surface area contributed by atoms with Crippen molar-refractivity contribution < 1.29 is 9.90 Å². The summed E-state index contributed by atoms with van der Waals surface area (Å²) in [4.78, 5) is 17.2. The zero-order valence-electron chi connectivity index (χ0n) is 14.9. The first kappa shape index (κ1) is 21.8. The van der Waals surface area contributed by atoms with Gasteiger partial charge in [0.25, 0.3) is 5.91 Å². The summed E-state index contributed by atoms with van der Waals surface area (Å²) in [7, 11) is 0. The number of piperazine rings is 1. The summed E-state index contributed by atoms with van der Waals surface area (Å²) in [6.45, 7) is 7.42. The average Bonchev–Trinajstić information content (AvgIpc) is 2.65. The molecule has 1 aliphatic heterocycles. The maximum Gasteiger partial charge on any atom is 0.259 e. The van der Waals surface area contributed by atoms with E-state index in [1.54, 1.807) is 6.07 Å². The van der Waals surface area contributed by atoms with Crippen LogP contribution in [-0.4, -0.2) is 48.6 Å². The average molecular weight is 475 g/mol. The highest BCUT2D eigenvalue weighted by molar-refractivity contribution is 9.10. The molecule has 146 valence electrons. The maximum absolute atomic E-state index is 12.4. The Hall–Kier alpha value is -1.47. The number of aromatic hydroxyl groups is 1. The van der Waals surface area contributed by atoms with Crippen molar-refractivity contribution in [2.75, 3.05) is 42.9 Å². The maximum atomic E-state index is 12.4. The van der Waals surface area contributed by atoms with Crippen molar-refractivity contribution in [3.05, 3.63) is 51.5 Å². The van der Waals surface area contributed by atoms with Gasteiger partial charge in [-0.3, -0.25) is 4.79 Å². The third-order valence-corrected chi connectivity index (χ3v) is 5.41. The lowest BCUT2D eigenvalue weighted by atomic mass is 10.1. The van der Waals surface area contributed by atoms with Crippen molar-refractivity contribution in [3.63, 3.8) is 0 Å². The van der Waals surface area contributed by atoms with E-state index in [9.17, 15) is 9.90 Å². The van der Waals surface area contributed by atoms with Crippen LogP contribution in [0.15, 0.2) is 40.9 Å². The number of rotatable bonds is 4. The Morgan fingerprint density at radius 2 is 1.81 bits per heavy atom. The zero-order valence-corrected chi connectivity index (χ0v) is 18.1. The Balaban J connectivity index is 0.00000261. The lowest BCUT2D eigenvalue weighted by Gasteiger charge is -2.35. The summed E-state index contributed by atoms with van der Waals surface area (Å²) in [6.07, 6.45) is 0. The molecule has 0 bridgehead atoms. The van der Waals surface area contributed by atoms with Crippen LogP contribution in [-0.2, 0) is 0 Å². The number of benzene rings is 2. The van der Waals surface area contributed by atoms with Crippen LogP contribution < -0.4 is 10.2 Å². The smallest absolute Gasteiger partial charge is 0.259 e. The lowest BCUT2D eigenvalue weighted by molar-refractivity contribution is 0.102. The number of carbonyl (C=O) groups is 1. The van der Waals surface area contributed by atoms with Crippen molar-refractivity contribution in [2.24, 2.45) is 0 Å². The van der Waals surface area contributed by atoms with Gasteiger partial charge in [-0.05, 0) is 58.9 Å². The van der Waals surface area contributed by atoms with Gasteiger partial charge in [0.1, 0.15) is 5.75 Å². The van der Waals surface area contributed by atoms with E-state index in [0.29, 0.717) is 15.2 Å². The Labute approximate surface area is 178 Å². The molecule has 1 heterocycles. The van der Waals surface area contributed by atoms with Gasteiger partial charge in [-0.1, -0.05) is 18.5 Å². The molecule has 3 rings (SSSR count). The van der Waals surface area contributed by atoms with Crippen LogP contribution in [0.4, 0.5) is 11.4 Å². The molecule has 27 heavy (non-hydrogen) atoms. The van der Waals surface area contributed by atoms with Crippen molar-refractivity contribution >= 4 is 57.2 Å². The Morgan fingerprint density at radius 3 is 2.41 bits per heavy atom. The standard InChI is InChI=1S/C19H21BrClN3O2.ClH/c1-2-23-7-9-24(10-8-23)15-5-3-14(4-6-15)22-19(26)16-11-13(21)12-17(20)18(16)25;/h3-6,11-12,25H,2,7-10H2,1H3,(H,22,26);1H. The fraction of sp³-hybridized carbons (Fsp3) is 0.316. The summed E-state index contributed by atoms with van der Waals surface area (Å²) < 4.78 is 0.386. The van der Waals surface area contributed by atoms with Gasteiger partial charge in [0.05, 0.1) is 10.0 Å². The second-order valence-electron chi connectivity index (χ2n) is 6.21. The summed E-state index contributed by atoms with van der Waals surface area (Å²) in [5, 5.41) is 13.2. The van der Waals surface area contributed by atoms with Gasteiger partial charge in [0.15, 0.2) is 0 Å². The Kier molecular flexibility index (Phi) is 7.79. The molecule has 1 amide bonds. The number of hydrogen-bond acceptors (Lipinski definition) is 4. The molecule has 5 nitrogen and oxygen atoms in total. The third-order valence-electron chi connectivity index (χ3n) is 4.58. The zero-order chi connectivity index (χ0) is 18.7. The summed E-state index contributed by atoms with van der Waals surface area (Å²) in [5.74, 6) is -0.535. The van der Waals surface area contributed by atoms with Crippen molar-refractivity contribution in [2.45, 2.75) is 6.92 Å². The largest absolute Gasteiger partial charge is 0.506 e. The third kappa shape index (κ3) is 5.29. The number of phenolic OH excluding ortho intramolecular Hbond substituents is 1. The number of amides is 1. The molecular formula is C19H22BrCl2N3O2. The van der Waals surface area contributed by atoms with E-state index >= 15 is 0 Å². The molecule has 0 saturated carbocycles. The van der Waals surface area contributed by atoms with Gasteiger partial charge in [-0.25, -0.2) is 0 Å². The number of likely N-dealkylation sites (N-methyl/N-ethyl adjacent to an activating group) is 1. The van der Waals surface area contributed by atoms with Crippen LogP contribution in [0.3, 0.4) is 0 Å². The highest BCUT2D eigenvalue weighted by atomic mass is 79.9. The Morgan fingerprint density at radius 1 is 1.19 bits per heavy atom. The summed E-state index contributed by atoms with van der Waals surface area (Å²) in [6, 6.07) is 10.7. The minimum Gasteiger partial charge on any atom is -0.506 e. The second-order valence-corrected chi connectivity index (χ2v) is 7.50. The van der Waals surface area contributed by atoms with Crippen LogP contribution in [0.25, 0.3) is 0 Å². The fourth-order valence-corrected chi connectivity index (χ4v) is 3.83. The summed E-state index contributed by atoms with van der Waals surface area (Å²) in [5.41, 5.74) is 1.94. The molecule has 1 aliphatic rings. The SMILES string of the molecule is CCN1CCN(c2ccc(NC(=O)c3cc(Cl)cc(Br)c3O)cc2)CC1.Cl. The monoisotopic (exact) mass is 473 g/mol. The van der Waals surface area contributed by atoms with Gasteiger partial charge in [-0.2, -0.15) is 0 Å². The minimum atomic E-state index is -0.407. The van der Waals surface area contributed by atoms with Gasteiger partial charge in [0.2, 0.25) is 0 Å². The number of nitrogens with one attached hydrogen (secondary N) is 1. The number of anilines is 2. The molecular weight excluding hydrogens is 453 g/mol. The number of nitrogens with zero attached hydrogens (tertiary/aromatic N) is 2. The quantitative estimate of drug-likeness (QED) is 0.678. The number of hydrogen-bond donors (Lipinski definition) is 2. The topological polar surface area (TPSA) is 55.8 Å². The number of carbonyl (C=O) groups excluding carboxylic acids is 1. The molecule has 0 aliphatic carbocycles. The van der Waals surface area contributed by atoms with E-state index in [2.05, 4.69) is 38.0 Å². The van der Waals surface area contributed by atoms with E-state index in [1.165, 1.54) is 6.07 Å². The highest BCUT2D eigenvalue weighted by Crippen LogP contribution is 2.32. The van der Waals surface area contributed by atoms with Gasteiger partial charge in [-0.15, -0.1) is 12.4 Å². The predicted molar refractivity (Wildman–Crippen MR) is 117 cm³/mol. The van der Waals surface area contributed by atoms with Crippen LogP contribution >= 0.6 is 39.9 Å². The van der Waals surface area contributed by atoms with E-state index in [1.807, 2.05) is 24.3 Å². The van der Waals surface area contributed by atoms with Gasteiger partial charge < -0.3 is 20.2 Å². The van der Waals surface area contributed by atoms with Crippen LogP contribution in [0.5, 0.6) is 5.75 Å². The first-order valence-corrected chi connectivity index (χ1v) is 9.71. The fourth-order valence-electron chi connectivity index (χ4n) is 3.02. The first-order valence-electron chi connectivity index (χ1n) is 8.54. The predicted octanol–water partition coefficient (Wildman–Crippen LogP) is 4.62. The minimum absolute atomic E-state index is 0. The van der Waals surface area contributed by atoms with E-state index in [0.717, 1.165) is 38.4 Å². The van der Waals surface area contributed by atoms with E-state index in [4.69, 9.17) is 11.6 Å². The molecule has 0 radical (unpaired) electrons. The van der Waals surface area contributed by atoms with E-state index in [-0.39, 0.29) is 23.7 Å². The van der Waals surface area contributed by atoms with Gasteiger partial charge >= 0.3 is 0 Å². The van der Waals surface area contributed by atoms with Crippen molar-refractivity contribution in [3.8, 4) is 5.75 Å². The van der Waals surface area contributed by atoms with Crippen LogP contribution in [0.1, 0.15) is 17.3 Å². The molecule has 0 aromatic heterocycles. The van der Waals surface area contributed by atoms with Crippen LogP contribution in [0.2, 0.25) is 5.02 Å².